The minimum Gasteiger partial charge on any atom is -0.492 e. The van der Waals surface area contributed by atoms with Gasteiger partial charge < -0.3 is 14.2 Å². The number of rotatable bonds is 4. The second kappa shape index (κ2) is 7.28. The summed E-state index contributed by atoms with van der Waals surface area (Å²) >= 11 is 0. The van der Waals surface area contributed by atoms with Crippen molar-refractivity contribution in [3.63, 3.8) is 0 Å². The predicted molar refractivity (Wildman–Crippen MR) is 99.2 cm³/mol. The highest BCUT2D eigenvalue weighted by atomic mass is 19.4. The SMILES string of the molecule is COC(=O)CC1COc2cc(OC3CCc4c3cccc4C(F)(F)F)cc(C)c21. The van der Waals surface area contributed by atoms with E-state index in [1.165, 1.54) is 13.2 Å². The molecule has 2 atom stereocenters. The lowest BCUT2D eigenvalue weighted by molar-refractivity contribution is -0.141. The van der Waals surface area contributed by atoms with Crippen molar-refractivity contribution in [1.82, 2.24) is 0 Å². The van der Waals surface area contributed by atoms with E-state index in [4.69, 9.17) is 14.2 Å². The summed E-state index contributed by atoms with van der Waals surface area (Å²) in [5.41, 5.74) is 2.19. The Labute approximate surface area is 166 Å². The van der Waals surface area contributed by atoms with Gasteiger partial charge in [-0.05, 0) is 48.6 Å². The summed E-state index contributed by atoms with van der Waals surface area (Å²) < 4.78 is 56.3. The molecule has 1 aliphatic carbocycles. The topological polar surface area (TPSA) is 44.8 Å². The van der Waals surface area contributed by atoms with E-state index < -0.39 is 17.8 Å². The molecule has 1 heterocycles. The molecule has 1 aliphatic heterocycles. The van der Waals surface area contributed by atoms with Gasteiger partial charge in [0, 0.05) is 17.5 Å². The highest BCUT2D eigenvalue weighted by Gasteiger charge is 2.38. The molecule has 0 amide bonds. The molecule has 0 radical (unpaired) electrons. The highest BCUT2D eigenvalue weighted by molar-refractivity contribution is 5.71. The lowest BCUT2D eigenvalue weighted by Crippen LogP contribution is -2.10. The molecule has 0 saturated carbocycles. The average molecular weight is 406 g/mol. The summed E-state index contributed by atoms with van der Waals surface area (Å²) in [5.74, 6) is 0.827. The van der Waals surface area contributed by atoms with E-state index in [9.17, 15) is 18.0 Å². The van der Waals surface area contributed by atoms with Crippen LogP contribution in [-0.4, -0.2) is 19.7 Å². The van der Waals surface area contributed by atoms with Crippen molar-refractivity contribution in [2.24, 2.45) is 0 Å². The van der Waals surface area contributed by atoms with E-state index >= 15 is 0 Å². The van der Waals surface area contributed by atoms with Gasteiger partial charge in [-0.3, -0.25) is 4.79 Å². The van der Waals surface area contributed by atoms with E-state index in [2.05, 4.69) is 0 Å². The molecule has 2 aromatic carbocycles. The summed E-state index contributed by atoms with van der Waals surface area (Å²) in [6, 6.07) is 7.85. The summed E-state index contributed by atoms with van der Waals surface area (Å²) in [6.45, 7) is 2.30. The van der Waals surface area contributed by atoms with Crippen molar-refractivity contribution in [3.8, 4) is 11.5 Å². The van der Waals surface area contributed by atoms with Gasteiger partial charge >= 0.3 is 12.1 Å². The summed E-state index contributed by atoms with van der Waals surface area (Å²) in [6.07, 6.45) is -3.74. The van der Waals surface area contributed by atoms with Crippen molar-refractivity contribution in [1.29, 1.82) is 0 Å². The Hall–Kier alpha value is -2.70. The van der Waals surface area contributed by atoms with Gasteiger partial charge in [-0.25, -0.2) is 0 Å². The molecule has 0 fully saturated rings. The standard InChI is InChI=1S/C22H21F3O4/c1-12-8-14(10-19-21(12)13(11-28-19)9-20(26)27-2)29-18-7-6-15-16(18)4-3-5-17(15)22(23,24)25/h3-5,8,10,13,18H,6-7,9,11H2,1-2H3. The number of esters is 1. The molecule has 0 saturated heterocycles. The molecule has 4 nitrogen and oxygen atoms in total. The Bertz CT molecular complexity index is 952. The van der Waals surface area contributed by atoms with Crippen LogP contribution in [0.5, 0.6) is 11.5 Å². The zero-order valence-corrected chi connectivity index (χ0v) is 16.1. The van der Waals surface area contributed by atoms with E-state index in [1.807, 2.05) is 13.0 Å². The summed E-state index contributed by atoms with van der Waals surface area (Å²) in [7, 11) is 1.35. The summed E-state index contributed by atoms with van der Waals surface area (Å²) in [5, 5.41) is 0. The van der Waals surface area contributed by atoms with Crippen molar-refractivity contribution < 1.29 is 32.2 Å². The number of carbonyl (C=O) groups excluding carboxylic acids is 1. The zero-order valence-electron chi connectivity index (χ0n) is 16.1. The number of fused-ring (bicyclic) bond motifs is 2. The first kappa shape index (κ1) is 19.6. The van der Waals surface area contributed by atoms with Crippen LogP contribution in [0.4, 0.5) is 13.2 Å². The number of methoxy groups -OCH3 is 1. The van der Waals surface area contributed by atoms with Gasteiger partial charge in [0.15, 0.2) is 0 Å². The van der Waals surface area contributed by atoms with Crippen LogP contribution in [0.15, 0.2) is 30.3 Å². The van der Waals surface area contributed by atoms with Crippen LogP contribution in [0.1, 0.15) is 52.7 Å². The molecule has 2 aliphatic rings. The van der Waals surface area contributed by atoms with E-state index in [-0.39, 0.29) is 18.3 Å². The minimum atomic E-state index is -4.37. The summed E-state index contributed by atoms with van der Waals surface area (Å²) in [4.78, 5) is 11.6. The van der Waals surface area contributed by atoms with Crippen LogP contribution >= 0.6 is 0 Å². The fourth-order valence-electron chi connectivity index (χ4n) is 4.33. The third kappa shape index (κ3) is 3.66. The molecule has 7 heteroatoms. The first-order chi connectivity index (χ1) is 13.8. The number of ether oxygens (including phenoxy) is 3. The van der Waals surface area contributed by atoms with Crippen molar-refractivity contribution in [2.75, 3.05) is 13.7 Å². The van der Waals surface area contributed by atoms with Crippen LogP contribution in [0.3, 0.4) is 0 Å². The Kier molecular flexibility index (Phi) is 4.92. The molecule has 0 aromatic heterocycles. The average Bonchev–Trinajstić information content (AvgIpc) is 3.25. The molecule has 154 valence electrons. The fourth-order valence-corrected chi connectivity index (χ4v) is 4.33. The Morgan fingerprint density at radius 1 is 1.28 bits per heavy atom. The van der Waals surface area contributed by atoms with E-state index in [0.29, 0.717) is 42.1 Å². The molecule has 0 bridgehead atoms. The van der Waals surface area contributed by atoms with Crippen LogP contribution in [0.2, 0.25) is 0 Å². The number of halogens is 3. The number of hydrogen-bond donors (Lipinski definition) is 0. The third-order valence-corrected chi connectivity index (χ3v) is 5.61. The first-order valence-electron chi connectivity index (χ1n) is 9.47. The normalized spacial score (nSPS) is 20.0. The number of benzene rings is 2. The van der Waals surface area contributed by atoms with E-state index in [0.717, 1.165) is 17.2 Å². The number of carbonyl (C=O) groups is 1. The molecular formula is C22H21F3O4. The smallest absolute Gasteiger partial charge is 0.416 e. The maximum absolute atomic E-state index is 13.3. The van der Waals surface area contributed by atoms with Gasteiger partial charge in [-0.15, -0.1) is 0 Å². The van der Waals surface area contributed by atoms with Crippen molar-refractivity contribution in [3.05, 3.63) is 58.1 Å². The first-order valence-corrected chi connectivity index (χ1v) is 9.47. The second-order valence-corrected chi connectivity index (χ2v) is 7.46. The quantitative estimate of drug-likeness (QED) is 0.662. The second-order valence-electron chi connectivity index (χ2n) is 7.46. The maximum atomic E-state index is 13.3. The number of alkyl halides is 3. The van der Waals surface area contributed by atoms with Crippen LogP contribution < -0.4 is 9.47 Å². The van der Waals surface area contributed by atoms with Gasteiger partial charge in [0.25, 0.3) is 0 Å². The molecule has 2 unspecified atom stereocenters. The zero-order chi connectivity index (χ0) is 20.8. The molecule has 2 aromatic rings. The molecule has 4 rings (SSSR count). The van der Waals surface area contributed by atoms with E-state index in [1.54, 1.807) is 12.1 Å². The number of hydrogen-bond acceptors (Lipinski definition) is 4. The van der Waals surface area contributed by atoms with Crippen molar-refractivity contribution in [2.45, 2.75) is 44.4 Å². The third-order valence-electron chi connectivity index (χ3n) is 5.61. The highest BCUT2D eigenvalue weighted by Crippen LogP contribution is 2.45. The predicted octanol–water partition coefficient (Wildman–Crippen LogP) is 5.12. The largest absolute Gasteiger partial charge is 0.492 e. The van der Waals surface area contributed by atoms with Crippen LogP contribution in [-0.2, 0) is 22.1 Å². The Balaban J connectivity index is 1.58. The minimum absolute atomic E-state index is 0.0759. The molecule has 29 heavy (non-hydrogen) atoms. The van der Waals surface area contributed by atoms with Gasteiger partial charge in [0.05, 0.1) is 25.7 Å². The van der Waals surface area contributed by atoms with Gasteiger partial charge in [-0.2, -0.15) is 13.2 Å². The molecule has 0 spiro atoms. The molecule has 0 N–H and O–H groups in total. The van der Waals surface area contributed by atoms with Crippen molar-refractivity contribution >= 4 is 5.97 Å². The maximum Gasteiger partial charge on any atom is 0.416 e. The van der Waals surface area contributed by atoms with Gasteiger partial charge in [0.2, 0.25) is 0 Å². The van der Waals surface area contributed by atoms with Crippen LogP contribution in [0.25, 0.3) is 0 Å². The monoisotopic (exact) mass is 406 g/mol. The lowest BCUT2D eigenvalue weighted by Gasteiger charge is -2.18. The molecular weight excluding hydrogens is 385 g/mol. The van der Waals surface area contributed by atoms with Crippen LogP contribution in [0, 0.1) is 6.92 Å². The Morgan fingerprint density at radius 3 is 2.79 bits per heavy atom. The van der Waals surface area contributed by atoms with Gasteiger partial charge in [0.1, 0.15) is 17.6 Å². The van der Waals surface area contributed by atoms with Gasteiger partial charge in [-0.1, -0.05) is 12.1 Å². The number of aryl methyl sites for hydroxylation is 1. The fraction of sp³-hybridized carbons (Fsp3) is 0.409. The Morgan fingerprint density at radius 2 is 2.07 bits per heavy atom. The lowest BCUT2D eigenvalue weighted by atomic mass is 9.93.